The molecule has 0 spiro atoms. The minimum atomic E-state index is -1.22. The van der Waals surface area contributed by atoms with Crippen molar-refractivity contribution in [1.29, 1.82) is 0 Å². The maximum Gasteiger partial charge on any atom is 0.509 e. The molecule has 0 saturated carbocycles. The van der Waals surface area contributed by atoms with Crippen LogP contribution in [-0.2, 0) is 39.7 Å². The van der Waals surface area contributed by atoms with E-state index in [4.69, 9.17) is 33.2 Å². The highest BCUT2D eigenvalue weighted by Gasteiger charge is 2.51. The zero-order chi connectivity index (χ0) is 28.9. The van der Waals surface area contributed by atoms with Crippen LogP contribution in [0.5, 0.6) is 0 Å². The molecule has 226 valence electrons. The lowest BCUT2D eigenvalue weighted by Crippen LogP contribution is -2.47. The monoisotopic (exact) mass is 571 g/mol. The summed E-state index contributed by atoms with van der Waals surface area (Å²) < 4.78 is 56.5. The van der Waals surface area contributed by atoms with Crippen molar-refractivity contribution in [1.82, 2.24) is 9.13 Å². The SMILES string of the molecule is Cc1cn([C@@H]2O[C@H](COC3CCCCO3)[C@@H](OC3CCCCO3)[C@@H]2OC(=O)OC(C)(C)C)c(=O)n(CC[18F])c1=O. The summed E-state index contributed by atoms with van der Waals surface area (Å²) in [5, 5.41) is 0. The largest absolute Gasteiger partial charge is 0.509 e. The van der Waals surface area contributed by atoms with Crippen molar-refractivity contribution >= 4 is 6.16 Å². The lowest BCUT2D eigenvalue weighted by Gasteiger charge is -2.31. The van der Waals surface area contributed by atoms with Crippen molar-refractivity contribution in [2.24, 2.45) is 0 Å². The molecule has 0 N–H and O–H groups in total. The lowest BCUT2D eigenvalue weighted by atomic mass is 10.1. The molecule has 13 heteroatoms. The Morgan fingerprint density at radius 2 is 1.73 bits per heavy atom. The molecule has 0 amide bonds. The van der Waals surface area contributed by atoms with Crippen LogP contribution >= 0.6 is 0 Å². The van der Waals surface area contributed by atoms with E-state index in [1.807, 2.05) is 0 Å². The average Bonchev–Trinajstić information content (AvgIpc) is 3.23. The molecule has 40 heavy (non-hydrogen) atoms. The van der Waals surface area contributed by atoms with Crippen molar-refractivity contribution in [3.8, 4) is 0 Å². The van der Waals surface area contributed by atoms with Gasteiger partial charge in [0.1, 0.15) is 24.5 Å². The summed E-state index contributed by atoms with van der Waals surface area (Å²) in [5.74, 6) is 0. The van der Waals surface area contributed by atoms with E-state index in [1.165, 1.54) is 13.1 Å². The molecule has 4 rings (SSSR count). The van der Waals surface area contributed by atoms with Crippen molar-refractivity contribution in [3.63, 3.8) is 0 Å². The summed E-state index contributed by atoms with van der Waals surface area (Å²) in [7, 11) is 0. The number of alkyl halides is 1. The first-order valence-corrected chi connectivity index (χ1v) is 14.0. The number of nitrogens with zero attached hydrogens (tertiary/aromatic N) is 2. The first-order valence-electron chi connectivity index (χ1n) is 14.0. The van der Waals surface area contributed by atoms with E-state index < -0.39 is 73.3 Å². The number of rotatable bonds is 9. The molecule has 3 aliphatic rings. The van der Waals surface area contributed by atoms with Gasteiger partial charge in [0, 0.05) is 25.0 Å². The lowest BCUT2D eigenvalue weighted by molar-refractivity contribution is -0.224. The predicted molar refractivity (Wildman–Crippen MR) is 139 cm³/mol. The van der Waals surface area contributed by atoms with Crippen LogP contribution < -0.4 is 11.2 Å². The Bertz CT molecular complexity index is 1100. The van der Waals surface area contributed by atoms with Gasteiger partial charge in [-0.2, -0.15) is 0 Å². The van der Waals surface area contributed by atoms with E-state index in [-0.39, 0.29) is 12.2 Å². The molecular formula is C27H41FN2O10. The molecule has 0 bridgehead atoms. The average molecular weight is 572 g/mol. The fourth-order valence-corrected chi connectivity index (χ4v) is 5.00. The Balaban J connectivity index is 1.69. The van der Waals surface area contributed by atoms with Gasteiger partial charge in [-0.25, -0.2) is 14.0 Å². The smallest absolute Gasteiger partial charge is 0.429 e. The van der Waals surface area contributed by atoms with E-state index in [0.29, 0.717) is 19.6 Å². The fourth-order valence-electron chi connectivity index (χ4n) is 5.00. The highest BCUT2D eigenvalue weighted by Crippen LogP contribution is 2.36. The molecule has 1 aromatic rings. The van der Waals surface area contributed by atoms with Crippen LogP contribution in [0.15, 0.2) is 15.8 Å². The van der Waals surface area contributed by atoms with Crippen LogP contribution in [0.25, 0.3) is 0 Å². The molecular weight excluding hydrogens is 530 g/mol. The minimum absolute atomic E-state index is 0.0184. The van der Waals surface area contributed by atoms with Crippen LogP contribution in [0, 0.1) is 6.92 Å². The van der Waals surface area contributed by atoms with Gasteiger partial charge in [-0.15, -0.1) is 0 Å². The van der Waals surface area contributed by atoms with Gasteiger partial charge in [0.05, 0.1) is 13.2 Å². The summed E-state index contributed by atoms with van der Waals surface area (Å²) in [6, 6.07) is 0. The maximum atomic E-state index is 13.4. The number of carbonyl (C=O) groups is 1. The van der Waals surface area contributed by atoms with Crippen LogP contribution in [0.4, 0.5) is 9.18 Å². The summed E-state index contributed by atoms with van der Waals surface area (Å²) in [6.45, 7) is 6.39. The van der Waals surface area contributed by atoms with Crippen LogP contribution in [-0.4, -0.2) is 78.3 Å². The zero-order valence-corrected chi connectivity index (χ0v) is 23.7. The number of halogens is 1. The van der Waals surface area contributed by atoms with Gasteiger partial charge in [0.25, 0.3) is 5.56 Å². The van der Waals surface area contributed by atoms with Gasteiger partial charge < -0.3 is 33.2 Å². The van der Waals surface area contributed by atoms with Gasteiger partial charge in [0.15, 0.2) is 24.9 Å². The molecule has 6 atom stereocenters. The van der Waals surface area contributed by atoms with Gasteiger partial charge in [0.2, 0.25) is 0 Å². The third kappa shape index (κ3) is 7.69. The molecule has 1 aromatic heterocycles. The highest BCUT2D eigenvalue weighted by atomic mass is 18.2. The van der Waals surface area contributed by atoms with Gasteiger partial charge in [-0.05, 0) is 66.2 Å². The Kier molecular flexibility index (Phi) is 10.4. The van der Waals surface area contributed by atoms with Crippen molar-refractivity contribution < 1.29 is 42.3 Å². The van der Waals surface area contributed by atoms with Crippen molar-refractivity contribution in [3.05, 3.63) is 32.6 Å². The standard InChI is InChI=1S/C27H41FN2O10/c1-17-15-30(25(32)29(12-11-28)23(17)31)24-22(39-26(33)40-27(2,3)4)21(38-20-10-6-8-14-35-20)18(37-24)16-36-19-9-5-7-13-34-19/h15,18-22,24H,5-14,16H2,1-4H3/t18-,19?,20?,21-,22+,24-/m1/s1/i28-1. The van der Waals surface area contributed by atoms with Crippen LogP contribution in [0.3, 0.4) is 0 Å². The number of hydrogen-bond acceptors (Lipinski definition) is 10. The van der Waals surface area contributed by atoms with Crippen molar-refractivity contribution in [2.45, 2.75) is 115 Å². The molecule has 0 aromatic carbocycles. The Morgan fingerprint density at radius 1 is 1.05 bits per heavy atom. The quantitative estimate of drug-likeness (QED) is 0.409. The molecule has 12 nitrogen and oxygen atoms in total. The number of ether oxygens (including phenoxy) is 7. The van der Waals surface area contributed by atoms with E-state index in [0.717, 1.165) is 41.2 Å². The highest BCUT2D eigenvalue weighted by molar-refractivity contribution is 5.61. The Morgan fingerprint density at radius 3 is 2.33 bits per heavy atom. The predicted octanol–water partition coefficient (Wildman–Crippen LogP) is 2.96. The fraction of sp³-hybridized carbons (Fsp3) is 0.815. The molecule has 4 heterocycles. The molecule has 3 aliphatic heterocycles. The van der Waals surface area contributed by atoms with Gasteiger partial charge in [-0.1, -0.05) is 0 Å². The van der Waals surface area contributed by atoms with Gasteiger partial charge in [-0.3, -0.25) is 13.9 Å². The first-order chi connectivity index (χ1) is 19.1. The minimum Gasteiger partial charge on any atom is -0.429 e. The van der Waals surface area contributed by atoms with Crippen LogP contribution in [0.2, 0.25) is 0 Å². The van der Waals surface area contributed by atoms with Crippen LogP contribution in [0.1, 0.15) is 71.1 Å². The molecule has 0 radical (unpaired) electrons. The summed E-state index contributed by atoms with van der Waals surface area (Å²) in [4.78, 5) is 38.9. The third-order valence-corrected chi connectivity index (χ3v) is 6.89. The number of aromatic nitrogens is 2. The first kappa shape index (κ1) is 30.6. The second-order valence-electron chi connectivity index (χ2n) is 11.3. The van der Waals surface area contributed by atoms with E-state index in [9.17, 15) is 18.8 Å². The van der Waals surface area contributed by atoms with Crippen molar-refractivity contribution in [2.75, 3.05) is 26.5 Å². The molecule has 3 saturated heterocycles. The summed E-state index contributed by atoms with van der Waals surface area (Å²) in [5.41, 5.74) is -2.08. The molecule has 2 unspecified atom stereocenters. The van der Waals surface area contributed by atoms with E-state index in [1.54, 1.807) is 20.8 Å². The second kappa shape index (κ2) is 13.6. The molecule has 0 aliphatic carbocycles. The Hall–Kier alpha value is -2.32. The number of hydrogen-bond donors (Lipinski definition) is 0. The number of carbonyl (C=O) groups excluding carboxylic acids is 1. The van der Waals surface area contributed by atoms with E-state index in [2.05, 4.69) is 0 Å². The zero-order valence-electron chi connectivity index (χ0n) is 23.7. The molecule has 3 fully saturated rings. The second-order valence-corrected chi connectivity index (χ2v) is 11.3. The summed E-state index contributed by atoms with van der Waals surface area (Å²) in [6.07, 6.45) is 0.246. The number of aryl methyl sites for hydroxylation is 1. The maximum absolute atomic E-state index is 13.4. The normalized spacial score (nSPS) is 29.3. The van der Waals surface area contributed by atoms with E-state index >= 15 is 0 Å². The third-order valence-electron chi connectivity index (χ3n) is 6.89. The topological polar surface area (TPSA) is 126 Å². The Labute approximate surface area is 232 Å². The van der Waals surface area contributed by atoms with Gasteiger partial charge >= 0.3 is 11.8 Å². The summed E-state index contributed by atoms with van der Waals surface area (Å²) >= 11 is 0.